The normalized spacial score (nSPS) is 21.7. The van der Waals surface area contributed by atoms with Gasteiger partial charge in [-0.15, -0.1) is 13.2 Å². The largest absolute Gasteiger partial charge is 0.522 e. The van der Waals surface area contributed by atoms with Crippen molar-refractivity contribution in [3.63, 3.8) is 0 Å². The van der Waals surface area contributed by atoms with E-state index in [1.165, 1.54) is 0 Å². The molecule has 1 aliphatic heterocycles. The Morgan fingerprint density at radius 1 is 1.29 bits per heavy atom. The van der Waals surface area contributed by atoms with Crippen molar-refractivity contribution in [1.82, 2.24) is 10.2 Å². The number of hydrogen-bond acceptors (Lipinski definition) is 3. The van der Waals surface area contributed by atoms with Crippen LogP contribution in [0.25, 0.3) is 0 Å². The van der Waals surface area contributed by atoms with Gasteiger partial charge in [-0.1, -0.05) is 13.8 Å². The molecule has 1 rings (SSSR count). The molecule has 102 valence electrons. The highest BCUT2D eigenvalue weighted by Gasteiger charge is 2.36. The van der Waals surface area contributed by atoms with Gasteiger partial charge in [0.05, 0.1) is 6.61 Å². The van der Waals surface area contributed by atoms with Gasteiger partial charge in [-0.05, 0) is 12.8 Å². The van der Waals surface area contributed by atoms with Gasteiger partial charge in [0, 0.05) is 31.7 Å². The van der Waals surface area contributed by atoms with Crippen LogP contribution in [-0.4, -0.2) is 49.6 Å². The topological polar surface area (TPSA) is 24.5 Å². The molecule has 17 heavy (non-hydrogen) atoms. The fourth-order valence-corrected chi connectivity index (χ4v) is 2.45. The summed E-state index contributed by atoms with van der Waals surface area (Å²) in [5, 5.41) is 3.31. The molecule has 0 spiro atoms. The Morgan fingerprint density at radius 2 is 1.94 bits per heavy atom. The number of rotatable bonds is 5. The van der Waals surface area contributed by atoms with Crippen LogP contribution in [-0.2, 0) is 4.74 Å². The van der Waals surface area contributed by atoms with Crippen LogP contribution in [0.15, 0.2) is 0 Å². The van der Waals surface area contributed by atoms with E-state index in [2.05, 4.69) is 28.8 Å². The van der Waals surface area contributed by atoms with E-state index in [0.717, 1.165) is 32.5 Å². The second-order valence-corrected chi connectivity index (χ2v) is 4.39. The minimum Gasteiger partial charge on any atom is -0.314 e. The van der Waals surface area contributed by atoms with Crippen LogP contribution in [0.3, 0.4) is 0 Å². The number of piperazine rings is 1. The van der Waals surface area contributed by atoms with E-state index >= 15 is 0 Å². The first-order valence-corrected chi connectivity index (χ1v) is 6.10. The molecule has 0 unspecified atom stereocenters. The number of halogens is 3. The molecule has 3 nitrogen and oxygen atoms in total. The molecule has 1 saturated heterocycles. The van der Waals surface area contributed by atoms with Crippen LogP contribution in [0.5, 0.6) is 0 Å². The van der Waals surface area contributed by atoms with E-state index in [1.807, 2.05) is 0 Å². The highest BCUT2D eigenvalue weighted by Crippen LogP contribution is 2.25. The molecule has 0 radical (unpaired) electrons. The molecule has 0 bridgehead atoms. The standard InChI is InChI=1S/C11H21F3N2O/c1-3-10(4-2)9-15-5-6-16(10)7-8-17-11(12,13)14/h15H,3-9H2,1-2H3. The van der Waals surface area contributed by atoms with Crippen LogP contribution >= 0.6 is 0 Å². The minimum absolute atomic E-state index is 0.0206. The quantitative estimate of drug-likeness (QED) is 0.812. The summed E-state index contributed by atoms with van der Waals surface area (Å²) in [4.78, 5) is 2.12. The second-order valence-electron chi connectivity index (χ2n) is 4.39. The van der Waals surface area contributed by atoms with Gasteiger partial charge in [-0.3, -0.25) is 9.64 Å². The SMILES string of the molecule is CCC1(CC)CNCCN1CCOC(F)(F)F. The van der Waals surface area contributed by atoms with E-state index in [1.54, 1.807) is 0 Å². The van der Waals surface area contributed by atoms with Crippen LogP contribution in [0.1, 0.15) is 26.7 Å². The average Bonchev–Trinajstić information content (AvgIpc) is 2.28. The van der Waals surface area contributed by atoms with Gasteiger partial charge in [0.2, 0.25) is 0 Å². The van der Waals surface area contributed by atoms with Gasteiger partial charge >= 0.3 is 6.36 Å². The van der Waals surface area contributed by atoms with Gasteiger partial charge < -0.3 is 5.32 Å². The number of alkyl halides is 3. The number of ether oxygens (including phenoxy) is 1. The maximum absolute atomic E-state index is 11.9. The van der Waals surface area contributed by atoms with Gasteiger partial charge in [0.15, 0.2) is 0 Å². The first kappa shape index (κ1) is 14.7. The van der Waals surface area contributed by atoms with E-state index in [0.29, 0.717) is 6.54 Å². The Kier molecular flexibility index (Phi) is 5.22. The summed E-state index contributed by atoms with van der Waals surface area (Å²) in [5.41, 5.74) is -0.0206. The Balaban J connectivity index is 2.48. The zero-order chi connectivity index (χ0) is 12.9. The Labute approximate surface area is 100 Å². The van der Waals surface area contributed by atoms with Crippen molar-refractivity contribution in [3.8, 4) is 0 Å². The molecule has 0 amide bonds. The Hall–Kier alpha value is -0.330. The molecule has 0 aliphatic carbocycles. The molecule has 1 heterocycles. The first-order chi connectivity index (χ1) is 7.93. The molecule has 0 atom stereocenters. The predicted molar refractivity (Wildman–Crippen MR) is 59.8 cm³/mol. The van der Waals surface area contributed by atoms with Crippen molar-refractivity contribution in [2.24, 2.45) is 0 Å². The van der Waals surface area contributed by atoms with Crippen molar-refractivity contribution in [1.29, 1.82) is 0 Å². The summed E-state index contributed by atoms with van der Waals surface area (Å²) < 4.78 is 39.6. The van der Waals surface area contributed by atoms with E-state index in [4.69, 9.17) is 0 Å². The molecular weight excluding hydrogens is 233 g/mol. The van der Waals surface area contributed by atoms with E-state index in [-0.39, 0.29) is 12.1 Å². The molecule has 1 N–H and O–H groups in total. The van der Waals surface area contributed by atoms with Crippen molar-refractivity contribution in [3.05, 3.63) is 0 Å². The summed E-state index contributed by atoms with van der Waals surface area (Å²) >= 11 is 0. The highest BCUT2D eigenvalue weighted by atomic mass is 19.4. The van der Waals surface area contributed by atoms with Crippen molar-refractivity contribution in [2.75, 3.05) is 32.8 Å². The van der Waals surface area contributed by atoms with Gasteiger partial charge in [0.25, 0.3) is 0 Å². The summed E-state index contributed by atoms with van der Waals surface area (Å²) in [7, 11) is 0. The smallest absolute Gasteiger partial charge is 0.314 e. The van der Waals surface area contributed by atoms with Crippen LogP contribution < -0.4 is 5.32 Å². The summed E-state index contributed by atoms with van der Waals surface area (Å²) in [6.07, 6.45) is -2.65. The van der Waals surface area contributed by atoms with Crippen molar-refractivity contribution in [2.45, 2.75) is 38.6 Å². The minimum atomic E-state index is -4.52. The lowest BCUT2D eigenvalue weighted by Crippen LogP contribution is -2.61. The van der Waals surface area contributed by atoms with Gasteiger partial charge in [-0.25, -0.2) is 0 Å². The number of nitrogens with zero attached hydrogens (tertiary/aromatic N) is 1. The molecule has 0 aromatic carbocycles. The fourth-order valence-electron chi connectivity index (χ4n) is 2.45. The third-order valence-electron chi connectivity index (χ3n) is 3.63. The fraction of sp³-hybridized carbons (Fsp3) is 1.00. The lowest BCUT2D eigenvalue weighted by Gasteiger charge is -2.47. The van der Waals surface area contributed by atoms with E-state index < -0.39 is 6.36 Å². The zero-order valence-electron chi connectivity index (χ0n) is 10.4. The Bertz CT molecular complexity index is 229. The third kappa shape index (κ3) is 4.12. The Morgan fingerprint density at radius 3 is 2.47 bits per heavy atom. The summed E-state index contributed by atoms with van der Waals surface area (Å²) in [6.45, 7) is 6.65. The number of hydrogen-bond donors (Lipinski definition) is 1. The average molecular weight is 254 g/mol. The lowest BCUT2D eigenvalue weighted by atomic mass is 9.88. The molecule has 6 heteroatoms. The summed E-state index contributed by atoms with van der Waals surface area (Å²) in [6, 6.07) is 0. The molecule has 0 saturated carbocycles. The molecule has 1 aliphatic rings. The van der Waals surface area contributed by atoms with Gasteiger partial charge in [0.1, 0.15) is 0 Å². The molecule has 0 aromatic rings. The molecule has 1 fully saturated rings. The zero-order valence-corrected chi connectivity index (χ0v) is 10.4. The third-order valence-corrected chi connectivity index (χ3v) is 3.63. The predicted octanol–water partition coefficient (Wildman–Crippen LogP) is 1.99. The van der Waals surface area contributed by atoms with Crippen molar-refractivity contribution < 1.29 is 17.9 Å². The van der Waals surface area contributed by atoms with Gasteiger partial charge in [-0.2, -0.15) is 0 Å². The first-order valence-electron chi connectivity index (χ1n) is 6.10. The molecular formula is C11H21F3N2O. The second kappa shape index (κ2) is 6.02. The van der Waals surface area contributed by atoms with E-state index in [9.17, 15) is 13.2 Å². The monoisotopic (exact) mass is 254 g/mol. The van der Waals surface area contributed by atoms with Crippen LogP contribution in [0.4, 0.5) is 13.2 Å². The molecule has 0 aromatic heterocycles. The lowest BCUT2D eigenvalue weighted by molar-refractivity contribution is -0.325. The van der Waals surface area contributed by atoms with Crippen LogP contribution in [0, 0.1) is 0 Å². The summed E-state index contributed by atoms with van der Waals surface area (Å²) in [5.74, 6) is 0. The van der Waals surface area contributed by atoms with Crippen molar-refractivity contribution >= 4 is 0 Å². The number of nitrogens with one attached hydrogen (secondary N) is 1. The highest BCUT2D eigenvalue weighted by molar-refractivity contribution is 4.93. The van der Waals surface area contributed by atoms with Crippen LogP contribution in [0.2, 0.25) is 0 Å². The maximum Gasteiger partial charge on any atom is 0.522 e. The maximum atomic E-state index is 11.9.